The Morgan fingerprint density at radius 3 is 2.19 bits per heavy atom. The van der Waals surface area contributed by atoms with Gasteiger partial charge in [0.25, 0.3) is 0 Å². The molecule has 3 atom stereocenters. The van der Waals surface area contributed by atoms with E-state index < -0.39 is 5.54 Å². The summed E-state index contributed by atoms with van der Waals surface area (Å²) in [6, 6.07) is 20.2. The SMILES string of the molecule is CC(C)(c1ccccc1)N1C(=O)[C@H]2C=CC(=O)C[C@H]2[C@@H]1c1ccccc1. The lowest BCUT2D eigenvalue weighted by Crippen LogP contribution is -2.44. The Morgan fingerprint density at radius 1 is 0.923 bits per heavy atom. The number of carbonyl (C=O) groups excluding carboxylic acids is 2. The molecule has 0 saturated carbocycles. The molecule has 0 N–H and O–H groups in total. The third kappa shape index (κ3) is 2.59. The van der Waals surface area contributed by atoms with Crippen LogP contribution in [-0.4, -0.2) is 16.6 Å². The van der Waals surface area contributed by atoms with Gasteiger partial charge in [0.2, 0.25) is 5.91 Å². The standard InChI is InChI=1S/C23H23NO2/c1-23(2,17-11-7-4-8-12-17)24-21(16-9-5-3-6-10-16)20-15-18(25)13-14-19(20)22(24)26/h3-14,19-21H,15H2,1-2H3/t19-,20+,21-/m0/s1. The summed E-state index contributed by atoms with van der Waals surface area (Å²) in [5.41, 5.74) is 1.73. The van der Waals surface area contributed by atoms with Crippen molar-refractivity contribution >= 4 is 11.7 Å². The number of hydrogen-bond donors (Lipinski definition) is 0. The number of benzene rings is 2. The number of hydrogen-bond acceptors (Lipinski definition) is 2. The summed E-state index contributed by atoms with van der Waals surface area (Å²) in [5, 5.41) is 0. The Labute approximate surface area is 154 Å². The summed E-state index contributed by atoms with van der Waals surface area (Å²) in [6.45, 7) is 4.19. The summed E-state index contributed by atoms with van der Waals surface area (Å²) in [6.07, 6.45) is 3.82. The molecule has 1 saturated heterocycles. The quantitative estimate of drug-likeness (QED) is 0.833. The van der Waals surface area contributed by atoms with E-state index >= 15 is 0 Å². The zero-order valence-corrected chi connectivity index (χ0v) is 15.1. The van der Waals surface area contributed by atoms with E-state index in [9.17, 15) is 9.59 Å². The van der Waals surface area contributed by atoms with Gasteiger partial charge in [-0.15, -0.1) is 0 Å². The molecular weight excluding hydrogens is 322 g/mol. The molecule has 0 bridgehead atoms. The molecule has 1 fully saturated rings. The van der Waals surface area contributed by atoms with Gasteiger partial charge in [0.15, 0.2) is 5.78 Å². The van der Waals surface area contributed by atoms with Crippen molar-refractivity contribution in [2.45, 2.75) is 31.8 Å². The minimum atomic E-state index is -0.465. The minimum absolute atomic E-state index is 0.00890. The molecule has 132 valence electrons. The Morgan fingerprint density at radius 2 is 1.54 bits per heavy atom. The average molecular weight is 345 g/mol. The van der Waals surface area contributed by atoms with Gasteiger partial charge in [-0.05, 0) is 31.1 Å². The summed E-state index contributed by atoms with van der Waals surface area (Å²) in [4.78, 5) is 27.5. The average Bonchev–Trinajstić information content (AvgIpc) is 2.95. The highest BCUT2D eigenvalue weighted by atomic mass is 16.2. The first-order valence-electron chi connectivity index (χ1n) is 9.15. The van der Waals surface area contributed by atoms with Gasteiger partial charge in [-0.25, -0.2) is 0 Å². The van der Waals surface area contributed by atoms with Crippen molar-refractivity contribution in [3.8, 4) is 0 Å². The fourth-order valence-corrected chi connectivity index (χ4v) is 4.50. The van der Waals surface area contributed by atoms with E-state index in [-0.39, 0.29) is 29.6 Å². The number of nitrogens with zero attached hydrogens (tertiary/aromatic N) is 1. The van der Waals surface area contributed by atoms with Crippen molar-refractivity contribution in [2.75, 3.05) is 0 Å². The Hall–Kier alpha value is -2.68. The summed E-state index contributed by atoms with van der Waals surface area (Å²) >= 11 is 0. The third-order valence-corrected chi connectivity index (χ3v) is 5.82. The largest absolute Gasteiger partial charge is 0.326 e. The van der Waals surface area contributed by atoms with Gasteiger partial charge in [-0.2, -0.15) is 0 Å². The number of fused-ring (bicyclic) bond motifs is 1. The first kappa shape index (κ1) is 16.8. The number of carbonyl (C=O) groups is 2. The lowest BCUT2D eigenvalue weighted by molar-refractivity contribution is -0.136. The maximum atomic E-state index is 13.4. The first-order chi connectivity index (χ1) is 12.5. The van der Waals surface area contributed by atoms with Crippen molar-refractivity contribution in [1.82, 2.24) is 4.90 Å². The van der Waals surface area contributed by atoms with Crippen LogP contribution in [0.4, 0.5) is 0 Å². The molecule has 26 heavy (non-hydrogen) atoms. The van der Waals surface area contributed by atoms with Crippen LogP contribution in [0.25, 0.3) is 0 Å². The van der Waals surface area contributed by atoms with Gasteiger partial charge in [-0.3, -0.25) is 9.59 Å². The van der Waals surface area contributed by atoms with Crippen LogP contribution in [0.15, 0.2) is 72.8 Å². The van der Waals surface area contributed by atoms with Gasteiger partial charge >= 0.3 is 0 Å². The van der Waals surface area contributed by atoms with Crippen molar-refractivity contribution in [1.29, 1.82) is 0 Å². The predicted octanol–water partition coefficient (Wildman–Crippen LogP) is 4.27. The van der Waals surface area contributed by atoms with Gasteiger partial charge < -0.3 is 4.90 Å². The normalized spacial score (nSPS) is 25.5. The molecule has 1 aliphatic heterocycles. The summed E-state index contributed by atoms with van der Waals surface area (Å²) in [5.74, 6) is -0.00733. The van der Waals surface area contributed by atoms with Crippen LogP contribution in [0, 0.1) is 11.8 Å². The molecule has 0 radical (unpaired) electrons. The van der Waals surface area contributed by atoms with Crippen LogP contribution in [0.1, 0.15) is 37.4 Å². The molecule has 0 aromatic heterocycles. The van der Waals surface area contributed by atoms with Crippen LogP contribution >= 0.6 is 0 Å². The van der Waals surface area contributed by atoms with E-state index in [4.69, 9.17) is 0 Å². The molecule has 1 heterocycles. The van der Waals surface area contributed by atoms with E-state index in [1.165, 1.54) is 0 Å². The molecule has 2 aliphatic rings. The zero-order valence-electron chi connectivity index (χ0n) is 15.1. The van der Waals surface area contributed by atoms with Gasteiger partial charge in [0, 0.05) is 12.3 Å². The van der Waals surface area contributed by atoms with E-state index in [0.717, 1.165) is 11.1 Å². The molecule has 3 nitrogen and oxygen atoms in total. The maximum Gasteiger partial charge on any atom is 0.231 e. The number of ketones is 1. The van der Waals surface area contributed by atoms with Crippen molar-refractivity contribution < 1.29 is 9.59 Å². The molecular formula is C23H23NO2. The molecule has 0 spiro atoms. The number of likely N-dealkylation sites (tertiary alicyclic amines) is 1. The van der Waals surface area contributed by atoms with E-state index in [1.54, 1.807) is 6.08 Å². The Kier molecular flexibility index (Phi) is 4.03. The van der Waals surface area contributed by atoms with Crippen LogP contribution < -0.4 is 0 Å². The zero-order chi connectivity index (χ0) is 18.3. The second-order valence-electron chi connectivity index (χ2n) is 7.71. The maximum absolute atomic E-state index is 13.4. The van der Waals surface area contributed by atoms with Crippen LogP contribution in [0.2, 0.25) is 0 Å². The molecule has 0 unspecified atom stereocenters. The monoisotopic (exact) mass is 345 g/mol. The minimum Gasteiger partial charge on any atom is -0.326 e. The molecule has 2 aromatic carbocycles. The highest BCUT2D eigenvalue weighted by Gasteiger charge is 2.53. The smallest absolute Gasteiger partial charge is 0.231 e. The molecule has 1 aliphatic carbocycles. The summed E-state index contributed by atoms with van der Waals surface area (Å²) in [7, 11) is 0. The number of rotatable bonds is 3. The van der Waals surface area contributed by atoms with E-state index in [0.29, 0.717) is 6.42 Å². The van der Waals surface area contributed by atoms with Crippen molar-refractivity contribution in [3.63, 3.8) is 0 Å². The van der Waals surface area contributed by atoms with Gasteiger partial charge in [0.05, 0.1) is 17.5 Å². The number of allylic oxidation sites excluding steroid dienone is 1. The first-order valence-corrected chi connectivity index (χ1v) is 9.15. The van der Waals surface area contributed by atoms with Gasteiger partial charge in [0.1, 0.15) is 0 Å². The fraction of sp³-hybridized carbons (Fsp3) is 0.304. The second kappa shape index (κ2) is 6.24. The highest BCUT2D eigenvalue weighted by molar-refractivity contribution is 5.95. The molecule has 4 rings (SSSR count). The van der Waals surface area contributed by atoms with Crippen molar-refractivity contribution in [2.24, 2.45) is 11.8 Å². The van der Waals surface area contributed by atoms with Crippen LogP contribution in [-0.2, 0) is 15.1 Å². The highest BCUT2D eigenvalue weighted by Crippen LogP contribution is 2.51. The lowest BCUT2D eigenvalue weighted by atomic mass is 9.79. The Balaban J connectivity index is 1.85. The second-order valence-corrected chi connectivity index (χ2v) is 7.71. The van der Waals surface area contributed by atoms with E-state index in [2.05, 4.69) is 38.1 Å². The lowest BCUT2D eigenvalue weighted by Gasteiger charge is -2.41. The van der Waals surface area contributed by atoms with Crippen LogP contribution in [0.3, 0.4) is 0 Å². The molecule has 3 heteroatoms. The molecule has 2 aromatic rings. The molecule has 1 amide bonds. The van der Waals surface area contributed by atoms with Crippen molar-refractivity contribution in [3.05, 3.63) is 83.9 Å². The van der Waals surface area contributed by atoms with E-state index in [1.807, 2.05) is 47.4 Å². The van der Waals surface area contributed by atoms with Crippen LogP contribution in [0.5, 0.6) is 0 Å². The fourth-order valence-electron chi connectivity index (χ4n) is 4.50. The van der Waals surface area contributed by atoms with Gasteiger partial charge in [-0.1, -0.05) is 66.7 Å². The topological polar surface area (TPSA) is 37.4 Å². The Bertz CT molecular complexity index is 854. The number of amides is 1. The predicted molar refractivity (Wildman–Crippen MR) is 101 cm³/mol. The third-order valence-electron chi connectivity index (χ3n) is 5.82. The summed E-state index contributed by atoms with van der Waals surface area (Å²) < 4.78 is 0.